The van der Waals surface area contributed by atoms with Crippen molar-refractivity contribution in [3.63, 3.8) is 0 Å². The van der Waals surface area contributed by atoms with Gasteiger partial charge in [0.25, 0.3) is 5.56 Å². The monoisotopic (exact) mass is 532 g/mol. The molecule has 0 atom stereocenters. The first-order valence-corrected chi connectivity index (χ1v) is 13.8. The number of hydrogen-bond donors (Lipinski definition) is 2. The predicted molar refractivity (Wildman–Crippen MR) is 151 cm³/mol. The zero-order valence-corrected chi connectivity index (χ0v) is 22.9. The van der Waals surface area contributed by atoms with E-state index in [0.29, 0.717) is 48.0 Å². The van der Waals surface area contributed by atoms with Crippen LogP contribution < -0.4 is 21.1 Å². The van der Waals surface area contributed by atoms with Crippen molar-refractivity contribution in [2.75, 3.05) is 49.5 Å². The Hall–Kier alpha value is -3.86. The Balaban J connectivity index is 1.34. The molecular weight excluding hydrogens is 496 g/mol. The van der Waals surface area contributed by atoms with E-state index < -0.39 is 0 Å². The van der Waals surface area contributed by atoms with Crippen LogP contribution in [0.2, 0.25) is 0 Å². The van der Waals surface area contributed by atoms with Crippen molar-refractivity contribution < 1.29 is 9.59 Å². The molecule has 3 aromatic rings. The SMILES string of the molecule is CCNCC(=O)N1CCN(c2ccc(Nc3ncc4c(C)c(C(C)=O)c(=O)n(C5CCCC5)c4n3)nc2)CC1. The molecule has 11 nitrogen and oxygen atoms in total. The third kappa shape index (κ3) is 5.49. The molecular formula is C28H36N8O3. The van der Waals surface area contributed by atoms with Crippen molar-refractivity contribution in [2.24, 2.45) is 0 Å². The zero-order valence-electron chi connectivity index (χ0n) is 22.9. The summed E-state index contributed by atoms with van der Waals surface area (Å²) in [5.74, 6) is 0.829. The first kappa shape index (κ1) is 26.7. The number of carbonyl (C=O) groups is 2. The number of fused-ring (bicyclic) bond motifs is 1. The Kier molecular flexibility index (Phi) is 7.87. The lowest BCUT2D eigenvalue weighted by atomic mass is 10.0. The number of pyridine rings is 2. The molecule has 0 spiro atoms. The van der Waals surface area contributed by atoms with Crippen molar-refractivity contribution in [1.29, 1.82) is 0 Å². The zero-order chi connectivity index (χ0) is 27.5. The first-order valence-electron chi connectivity index (χ1n) is 13.8. The van der Waals surface area contributed by atoms with Gasteiger partial charge in [-0.25, -0.2) is 9.97 Å². The molecule has 3 aromatic heterocycles. The van der Waals surface area contributed by atoms with Crippen molar-refractivity contribution >= 4 is 40.2 Å². The fourth-order valence-electron chi connectivity index (χ4n) is 5.63. The number of likely N-dealkylation sites (N-methyl/N-ethyl adjacent to an activating group) is 1. The van der Waals surface area contributed by atoms with Gasteiger partial charge in [-0.1, -0.05) is 19.8 Å². The summed E-state index contributed by atoms with van der Waals surface area (Å²) in [7, 11) is 0. The molecule has 2 fully saturated rings. The number of anilines is 3. The average molecular weight is 533 g/mol. The summed E-state index contributed by atoms with van der Waals surface area (Å²) in [6.07, 6.45) is 7.37. The predicted octanol–water partition coefficient (Wildman–Crippen LogP) is 2.81. The minimum Gasteiger partial charge on any atom is -0.367 e. The first-order chi connectivity index (χ1) is 18.9. The van der Waals surface area contributed by atoms with Gasteiger partial charge < -0.3 is 20.4 Å². The molecule has 1 saturated heterocycles. The van der Waals surface area contributed by atoms with Crippen LogP contribution >= 0.6 is 0 Å². The molecule has 206 valence electrons. The van der Waals surface area contributed by atoms with E-state index in [-0.39, 0.29) is 28.9 Å². The maximum atomic E-state index is 13.4. The Morgan fingerprint density at radius 1 is 1.05 bits per heavy atom. The van der Waals surface area contributed by atoms with Gasteiger partial charge in [-0.2, -0.15) is 4.98 Å². The Morgan fingerprint density at radius 2 is 1.79 bits per heavy atom. The summed E-state index contributed by atoms with van der Waals surface area (Å²) in [4.78, 5) is 55.9. The van der Waals surface area contributed by atoms with E-state index >= 15 is 0 Å². The number of nitrogens with one attached hydrogen (secondary N) is 2. The van der Waals surface area contributed by atoms with Gasteiger partial charge in [0, 0.05) is 43.8 Å². The third-order valence-electron chi connectivity index (χ3n) is 7.76. The maximum absolute atomic E-state index is 13.4. The second kappa shape index (κ2) is 11.5. The summed E-state index contributed by atoms with van der Waals surface area (Å²) in [6, 6.07) is 3.89. The molecule has 11 heteroatoms. The van der Waals surface area contributed by atoms with E-state index in [4.69, 9.17) is 4.98 Å². The molecule has 1 amide bonds. The smallest absolute Gasteiger partial charge is 0.263 e. The molecule has 2 aliphatic rings. The Labute approximate surface area is 227 Å². The van der Waals surface area contributed by atoms with Crippen LogP contribution in [0, 0.1) is 6.92 Å². The highest BCUT2D eigenvalue weighted by Gasteiger charge is 2.26. The molecule has 1 saturated carbocycles. The molecule has 0 unspecified atom stereocenters. The van der Waals surface area contributed by atoms with Gasteiger partial charge >= 0.3 is 0 Å². The molecule has 0 bridgehead atoms. The van der Waals surface area contributed by atoms with Crippen LogP contribution in [-0.2, 0) is 4.79 Å². The minimum absolute atomic E-state index is 0.0255. The van der Waals surface area contributed by atoms with Gasteiger partial charge in [-0.15, -0.1) is 0 Å². The number of hydrogen-bond acceptors (Lipinski definition) is 9. The summed E-state index contributed by atoms with van der Waals surface area (Å²) in [5, 5.41) is 6.97. The fourth-order valence-corrected chi connectivity index (χ4v) is 5.63. The second-order valence-electron chi connectivity index (χ2n) is 10.3. The number of carbonyl (C=O) groups excluding carboxylic acids is 2. The van der Waals surface area contributed by atoms with Crippen molar-refractivity contribution in [3.8, 4) is 0 Å². The molecule has 4 heterocycles. The van der Waals surface area contributed by atoms with Gasteiger partial charge in [0.05, 0.1) is 24.0 Å². The van der Waals surface area contributed by atoms with E-state index in [1.54, 1.807) is 23.9 Å². The number of Topliss-reactive ketones (excluding diaryl/α,β-unsaturated/α-hetero) is 1. The van der Waals surface area contributed by atoms with E-state index in [2.05, 4.69) is 25.5 Å². The summed E-state index contributed by atoms with van der Waals surface area (Å²) in [5.41, 5.74) is 2.11. The second-order valence-corrected chi connectivity index (χ2v) is 10.3. The normalized spacial score (nSPS) is 16.2. The summed E-state index contributed by atoms with van der Waals surface area (Å²) in [6.45, 7) is 9.24. The average Bonchev–Trinajstić information content (AvgIpc) is 3.46. The topological polar surface area (TPSA) is 125 Å². The number of aryl methyl sites for hydroxylation is 1. The molecule has 5 rings (SSSR count). The molecule has 0 radical (unpaired) electrons. The maximum Gasteiger partial charge on any atom is 0.263 e. The summed E-state index contributed by atoms with van der Waals surface area (Å²) < 4.78 is 1.71. The number of rotatable bonds is 8. The largest absolute Gasteiger partial charge is 0.367 e. The molecule has 2 N–H and O–H groups in total. The van der Waals surface area contributed by atoms with Gasteiger partial charge in [-0.05, 0) is 50.9 Å². The highest BCUT2D eigenvalue weighted by molar-refractivity contribution is 5.99. The van der Waals surface area contributed by atoms with Crippen LogP contribution in [0.3, 0.4) is 0 Å². The van der Waals surface area contributed by atoms with E-state index in [0.717, 1.165) is 51.0 Å². The highest BCUT2D eigenvalue weighted by atomic mass is 16.2. The minimum atomic E-state index is -0.269. The van der Waals surface area contributed by atoms with Crippen LogP contribution in [-0.4, -0.2) is 75.4 Å². The van der Waals surface area contributed by atoms with Crippen LogP contribution in [0.15, 0.2) is 29.3 Å². The molecule has 0 aromatic carbocycles. The number of nitrogens with zero attached hydrogens (tertiary/aromatic N) is 6. The Morgan fingerprint density at radius 3 is 2.44 bits per heavy atom. The standard InChI is InChI=1S/C28H36N8O3/c1-4-29-17-24(38)35-13-11-34(12-14-35)21-9-10-23(30-15-21)32-28-31-16-22-18(2)25(19(3)37)27(39)36(26(22)33-28)20-7-5-6-8-20/h9-10,15-16,20,29H,4-8,11-14,17H2,1-3H3,(H,30,31,32,33). The van der Waals surface area contributed by atoms with Gasteiger partial charge in [0.1, 0.15) is 11.5 Å². The molecule has 39 heavy (non-hydrogen) atoms. The number of amides is 1. The van der Waals surface area contributed by atoms with Gasteiger partial charge in [0.15, 0.2) is 5.78 Å². The van der Waals surface area contributed by atoms with Gasteiger partial charge in [-0.3, -0.25) is 19.0 Å². The number of aromatic nitrogens is 4. The quantitative estimate of drug-likeness (QED) is 0.421. The van der Waals surface area contributed by atoms with Crippen molar-refractivity contribution in [2.45, 2.75) is 52.5 Å². The lowest BCUT2D eigenvalue weighted by Gasteiger charge is -2.36. The van der Waals surface area contributed by atoms with Crippen LogP contribution in [0.25, 0.3) is 11.0 Å². The Bertz CT molecular complexity index is 1420. The lowest BCUT2D eigenvalue weighted by molar-refractivity contribution is -0.130. The van der Waals surface area contributed by atoms with Gasteiger partial charge in [0.2, 0.25) is 11.9 Å². The third-order valence-corrected chi connectivity index (χ3v) is 7.76. The number of piperazine rings is 1. The van der Waals surface area contributed by atoms with Crippen molar-refractivity contribution in [3.05, 3.63) is 46.0 Å². The van der Waals surface area contributed by atoms with E-state index in [1.807, 2.05) is 24.0 Å². The van der Waals surface area contributed by atoms with E-state index in [9.17, 15) is 14.4 Å². The van der Waals surface area contributed by atoms with E-state index in [1.165, 1.54) is 6.92 Å². The molecule has 1 aliphatic heterocycles. The lowest BCUT2D eigenvalue weighted by Crippen LogP contribution is -2.50. The molecule has 1 aliphatic carbocycles. The fraction of sp³-hybridized carbons (Fsp3) is 0.500. The van der Waals surface area contributed by atoms with Crippen LogP contribution in [0.1, 0.15) is 61.5 Å². The summed E-state index contributed by atoms with van der Waals surface area (Å²) >= 11 is 0. The van der Waals surface area contributed by atoms with Crippen LogP contribution in [0.4, 0.5) is 17.5 Å². The van der Waals surface area contributed by atoms with Crippen molar-refractivity contribution in [1.82, 2.24) is 29.7 Å². The number of ketones is 1. The van der Waals surface area contributed by atoms with Crippen LogP contribution in [0.5, 0.6) is 0 Å². The highest BCUT2D eigenvalue weighted by Crippen LogP contribution is 2.32.